The first-order valence-corrected chi connectivity index (χ1v) is 7.32. The molecule has 0 bridgehead atoms. The van der Waals surface area contributed by atoms with E-state index in [4.69, 9.17) is 0 Å². The monoisotopic (exact) mass is 288 g/mol. The number of amides is 1. The van der Waals surface area contributed by atoms with Crippen LogP contribution < -0.4 is 5.32 Å². The van der Waals surface area contributed by atoms with Gasteiger partial charge in [-0.2, -0.15) is 5.10 Å². The number of fused-ring (bicyclic) bond motifs is 1. The summed E-state index contributed by atoms with van der Waals surface area (Å²) in [4.78, 5) is 12.0. The highest BCUT2D eigenvalue weighted by molar-refractivity contribution is 5.75. The Morgan fingerprint density at radius 3 is 3.05 bits per heavy atom. The van der Waals surface area contributed by atoms with Crippen molar-refractivity contribution in [3.8, 4) is 0 Å². The first-order chi connectivity index (χ1) is 10.1. The topological polar surface area (TPSA) is 77.6 Å². The van der Waals surface area contributed by atoms with Crippen LogP contribution in [0.4, 0.5) is 0 Å². The van der Waals surface area contributed by atoms with Crippen LogP contribution in [0.5, 0.6) is 0 Å². The van der Waals surface area contributed by atoms with Gasteiger partial charge in [0.05, 0.1) is 0 Å². The van der Waals surface area contributed by atoms with Crippen LogP contribution >= 0.6 is 0 Å². The highest BCUT2D eigenvalue weighted by Gasteiger charge is 2.24. The normalized spacial score (nSPS) is 17.8. The molecule has 0 saturated heterocycles. The van der Waals surface area contributed by atoms with E-state index < -0.39 is 0 Å². The Morgan fingerprint density at radius 2 is 2.33 bits per heavy atom. The molecule has 3 heterocycles. The van der Waals surface area contributed by atoms with Crippen LogP contribution in [0.25, 0.3) is 0 Å². The number of hydrogen-bond donors (Lipinski definition) is 1. The van der Waals surface area contributed by atoms with Gasteiger partial charge in [0.15, 0.2) is 0 Å². The Hall–Kier alpha value is -2.18. The third-order valence-corrected chi connectivity index (χ3v) is 3.72. The van der Waals surface area contributed by atoms with Gasteiger partial charge in [0, 0.05) is 37.3 Å². The second-order valence-electron chi connectivity index (χ2n) is 5.75. The maximum Gasteiger partial charge on any atom is 0.242 e. The van der Waals surface area contributed by atoms with Gasteiger partial charge in [-0.15, -0.1) is 10.2 Å². The molecule has 0 aromatic carbocycles. The van der Waals surface area contributed by atoms with Crippen molar-refractivity contribution < 1.29 is 4.79 Å². The van der Waals surface area contributed by atoms with Crippen molar-refractivity contribution in [2.45, 2.75) is 51.7 Å². The standard InChI is InChI=1S/C14H20N6O/c1-10(2)14-18-17-12-5-4-11(8-20(12)14)16-13(21)9-19-7-3-6-15-19/h3,6-7,10-11H,4-5,8-9H2,1-2H3,(H,16,21)/t11-/m1/s1. The van der Waals surface area contributed by atoms with E-state index in [1.807, 2.05) is 6.07 Å². The first-order valence-electron chi connectivity index (χ1n) is 7.32. The molecule has 3 rings (SSSR count). The SMILES string of the molecule is CC(C)c1nnc2n1C[C@H](NC(=O)Cn1cccn1)CC2. The summed E-state index contributed by atoms with van der Waals surface area (Å²) in [7, 11) is 0. The molecular weight excluding hydrogens is 268 g/mol. The Kier molecular flexibility index (Phi) is 3.72. The molecule has 0 radical (unpaired) electrons. The third kappa shape index (κ3) is 2.96. The van der Waals surface area contributed by atoms with E-state index in [0.29, 0.717) is 5.92 Å². The fraction of sp³-hybridized carbons (Fsp3) is 0.571. The predicted octanol–water partition coefficient (Wildman–Crippen LogP) is 0.729. The maximum atomic E-state index is 12.0. The molecule has 1 atom stereocenters. The van der Waals surface area contributed by atoms with Crippen molar-refractivity contribution in [3.63, 3.8) is 0 Å². The van der Waals surface area contributed by atoms with E-state index >= 15 is 0 Å². The van der Waals surface area contributed by atoms with Crippen LogP contribution in [0.1, 0.15) is 37.8 Å². The van der Waals surface area contributed by atoms with Gasteiger partial charge in [-0.25, -0.2) is 0 Å². The molecule has 0 aliphatic carbocycles. The van der Waals surface area contributed by atoms with Crippen molar-refractivity contribution in [1.82, 2.24) is 29.9 Å². The second-order valence-corrected chi connectivity index (χ2v) is 5.75. The van der Waals surface area contributed by atoms with Gasteiger partial charge in [0.25, 0.3) is 0 Å². The van der Waals surface area contributed by atoms with Gasteiger partial charge in [-0.1, -0.05) is 13.8 Å². The lowest BCUT2D eigenvalue weighted by atomic mass is 10.1. The molecule has 112 valence electrons. The van der Waals surface area contributed by atoms with Gasteiger partial charge in [0.1, 0.15) is 18.2 Å². The van der Waals surface area contributed by atoms with Crippen LogP contribution in [0.3, 0.4) is 0 Å². The number of carbonyl (C=O) groups excluding carboxylic acids is 1. The zero-order chi connectivity index (χ0) is 14.8. The lowest BCUT2D eigenvalue weighted by Gasteiger charge is -2.25. The summed E-state index contributed by atoms with van der Waals surface area (Å²) in [5.41, 5.74) is 0. The lowest BCUT2D eigenvalue weighted by molar-refractivity contribution is -0.122. The summed E-state index contributed by atoms with van der Waals surface area (Å²) in [5, 5.41) is 15.6. The fourth-order valence-electron chi connectivity index (χ4n) is 2.71. The van der Waals surface area contributed by atoms with Crippen LogP contribution in [-0.2, 0) is 24.3 Å². The highest BCUT2D eigenvalue weighted by atomic mass is 16.2. The fourth-order valence-corrected chi connectivity index (χ4v) is 2.71. The molecule has 2 aromatic rings. The van der Waals surface area contributed by atoms with E-state index in [0.717, 1.165) is 31.0 Å². The molecule has 1 aliphatic heterocycles. The number of carbonyl (C=O) groups is 1. The third-order valence-electron chi connectivity index (χ3n) is 3.72. The highest BCUT2D eigenvalue weighted by Crippen LogP contribution is 2.19. The zero-order valence-electron chi connectivity index (χ0n) is 12.4. The summed E-state index contributed by atoms with van der Waals surface area (Å²) >= 11 is 0. The van der Waals surface area contributed by atoms with Crippen LogP contribution in [-0.4, -0.2) is 36.5 Å². The summed E-state index contributed by atoms with van der Waals surface area (Å²) < 4.78 is 3.77. The Balaban J connectivity index is 1.63. The molecule has 0 saturated carbocycles. The minimum atomic E-state index is -0.00804. The van der Waals surface area contributed by atoms with E-state index in [-0.39, 0.29) is 18.5 Å². The average Bonchev–Trinajstić information content (AvgIpc) is 3.06. The van der Waals surface area contributed by atoms with Crippen molar-refractivity contribution in [2.75, 3.05) is 0 Å². The van der Waals surface area contributed by atoms with E-state index in [9.17, 15) is 4.79 Å². The van der Waals surface area contributed by atoms with Crippen LogP contribution in [0.2, 0.25) is 0 Å². The van der Waals surface area contributed by atoms with Gasteiger partial charge in [0.2, 0.25) is 5.91 Å². The summed E-state index contributed by atoms with van der Waals surface area (Å²) in [5.74, 6) is 2.35. The van der Waals surface area contributed by atoms with Crippen LogP contribution in [0, 0.1) is 0 Å². The molecule has 1 aliphatic rings. The molecule has 1 N–H and O–H groups in total. The minimum Gasteiger partial charge on any atom is -0.350 e. The predicted molar refractivity (Wildman–Crippen MR) is 76.6 cm³/mol. The number of nitrogens with one attached hydrogen (secondary N) is 1. The Morgan fingerprint density at radius 1 is 1.48 bits per heavy atom. The molecule has 0 fully saturated rings. The smallest absolute Gasteiger partial charge is 0.242 e. The molecule has 0 unspecified atom stereocenters. The van der Waals surface area contributed by atoms with E-state index in [2.05, 4.69) is 39.0 Å². The molecular formula is C14H20N6O. The quantitative estimate of drug-likeness (QED) is 0.899. The van der Waals surface area contributed by atoms with Gasteiger partial charge in [-0.05, 0) is 12.5 Å². The number of aromatic nitrogens is 5. The molecule has 21 heavy (non-hydrogen) atoms. The van der Waals surface area contributed by atoms with E-state index in [1.54, 1.807) is 17.1 Å². The summed E-state index contributed by atoms with van der Waals surface area (Å²) in [6, 6.07) is 1.95. The lowest BCUT2D eigenvalue weighted by Crippen LogP contribution is -2.42. The number of aryl methyl sites for hydroxylation is 1. The second kappa shape index (κ2) is 5.67. The number of hydrogen-bond acceptors (Lipinski definition) is 4. The minimum absolute atomic E-state index is 0.00804. The van der Waals surface area contributed by atoms with E-state index in [1.165, 1.54) is 0 Å². The van der Waals surface area contributed by atoms with Crippen molar-refractivity contribution in [2.24, 2.45) is 0 Å². The van der Waals surface area contributed by atoms with Crippen molar-refractivity contribution in [1.29, 1.82) is 0 Å². The molecule has 7 heteroatoms. The molecule has 2 aromatic heterocycles. The molecule has 7 nitrogen and oxygen atoms in total. The molecule has 0 spiro atoms. The summed E-state index contributed by atoms with van der Waals surface area (Å²) in [6.07, 6.45) is 5.22. The summed E-state index contributed by atoms with van der Waals surface area (Å²) in [6.45, 7) is 5.23. The first kappa shape index (κ1) is 13.8. The molecule has 1 amide bonds. The van der Waals surface area contributed by atoms with Crippen LogP contribution in [0.15, 0.2) is 18.5 Å². The zero-order valence-corrected chi connectivity index (χ0v) is 12.4. The Labute approximate surface area is 123 Å². The van der Waals surface area contributed by atoms with Crippen molar-refractivity contribution >= 4 is 5.91 Å². The maximum absolute atomic E-state index is 12.0. The average molecular weight is 288 g/mol. The van der Waals surface area contributed by atoms with Crippen molar-refractivity contribution in [3.05, 3.63) is 30.1 Å². The largest absolute Gasteiger partial charge is 0.350 e. The van der Waals surface area contributed by atoms with Gasteiger partial charge >= 0.3 is 0 Å². The van der Waals surface area contributed by atoms with Gasteiger partial charge < -0.3 is 9.88 Å². The van der Waals surface area contributed by atoms with Gasteiger partial charge in [-0.3, -0.25) is 9.48 Å². The number of rotatable bonds is 4. The Bertz CT molecular complexity index is 615. The number of nitrogens with zero attached hydrogens (tertiary/aromatic N) is 5.